The van der Waals surface area contributed by atoms with Gasteiger partial charge in [-0.05, 0) is 43.4 Å². The number of aliphatic hydroxyl groups is 2. The van der Waals surface area contributed by atoms with Crippen LogP contribution < -0.4 is 14.8 Å². The van der Waals surface area contributed by atoms with Crippen molar-refractivity contribution in [3.63, 3.8) is 0 Å². The second-order valence-corrected chi connectivity index (χ2v) is 10.9. The molecule has 0 radical (unpaired) electrons. The topological polar surface area (TPSA) is 125 Å². The lowest BCUT2D eigenvalue weighted by Gasteiger charge is -2.41. The number of unbranched alkanes of at least 4 members (excludes halogenated alkanes) is 3. The predicted molar refractivity (Wildman–Crippen MR) is 146 cm³/mol. The Morgan fingerprint density at radius 2 is 1.97 bits per heavy atom. The van der Waals surface area contributed by atoms with Gasteiger partial charge in [-0.25, -0.2) is 0 Å². The van der Waals surface area contributed by atoms with Crippen molar-refractivity contribution in [1.82, 2.24) is 10.2 Å². The number of carbonyl (C=O) groups is 3. The number of hydrogen-bond acceptors (Lipinski definition) is 7. The number of nitrogens with zero attached hydrogens (tertiary/aromatic N) is 1. The second kappa shape index (κ2) is 13.4. The Bertz CT molecular complexity index is 1070. The van der Waals surface area contributed by atoms with Crippen molar-refractivity contribution in [1.29, 1.82) is 0 Å². The zero-order valence-corrected chi connectivity index (χ0v) is 23.1. The highest BCUT2D eigenvalue weighted by Gasteiger charge is 2.51. The van der Waals surface area contributed by atoms with Crippen LogP contribution in [0, 0.1) is 5.92 Å². The predicted octanol–water partition coefficient (Wildman–Crippen LogP) is 3.12. The number of fused-ring (bicyclic) bond motifs is 3. The lowest BCUT2D eigenvalue weighted by Crippen LogP contribution is -2.56. The van der Waals surface area contributed by atoms with Crippen LogP contribution in [-0.4, -0.2) is 78.3 Å². The van der Waals surface area contributed by atoms with E-state index in [1.807, 2.05) is 0 Å². The van der Waals surface area contributed by atoms with Crippen molar-refractivity contribution in [2.75, 3.05) is 26.8 Å². The molecule has 39 heavy (non-hydrogen) atoms. The van der Waals surface area contributed by atoms with E-state index in [9.17, 15) is 24.6 Å². The lowest BCUT2D eigenvalue weighted by molar-refractivity contribution is -0.138. The highest BCUT2D eigenvalue weighted by molar-refractivity contribution is 5.96. The van der Waals surface area contributed by atoms with Crippen LogP contribution >= 0.6 is 0 Å². The second-order valence-electron chi connectivity index (χ2n) is 10.9. The molecule has 1 aromatic carbocycles. The van der Waals surface area contributed by atoms with Crippen LogP contribution in [0.4, 0.5) is 0 Å². The van der Waals surface area contributed by atoms with Crippen LogP contribution in [0.25, 0.3) is 0 Å². The monoisotopic (exact) mass is 542 g/mol. The van der Waals surface area contributed by atoms with Gasteiger partial charge in [-0.3, -0.25) is 14.4 Å². The molecule has 2 amide bonds. The van der Waals surface area contributed by atoms with Gasteiger partial charge in [-0.15, -0.1) is 0 Å². The molecule has 1 heterocycles. The Morgan fingerprint density at radius 1 is 1.21 bits per heavy atom. The molecule has 0 spiro atoms. The van der Waals surface area contributed by atoms with Crippen LogP contribution in [0.5, 0.6) is 11.5 Å². The Balaban J connectivity index is 1.72. The fourth-order valence-corrected chi connectivity index (χ4v) is 6.29. The molecule has 1 aromatic rings. The third-order valence-corrected chi connectivity index (χ3v) is 8.28. The minimum absolute atomic E-state index is 0.0106. The van der Waals surface area contributed by atoms with E-state index in [0.717, 1.165) is 51.4 Å². The van der Waals surface area contributed by atoms with Crippen LogP contribution in [0.15, 0.2) is 23.8 Å². The first-order valence-corrected chi connectivity index (χ1v) is 14.4. The summed E-state index contributed by atoms with van der Waals surface area (Å²) in [5.41, 5.74) is 1.29. The quantitative estimate of drug-likeness (QED) is 0.258. The van der Waals surface area contributed by atoms with E-state index in [4.69, 9.17) is 9.47 Å². The van der Waals surface area contributed by atoms with E-state index in [1.165, 1.54) is 7.11 Å². The van der Waals surface area contributed by atoms with Gasteiger partial charge in [0, 0.05) is 36.2 Å². The van der Waals surface area contributed by atoms with E-state index in [-0.39, 0.29) is 19.1 Å². The summed E-state index contributed by atoms with van der Waals surface area (Å²) in [4.78, 5) is 40.5. The summed E-state index contributed by atoms with van der Waals surface area (Å²) in [6, 6.07) is 2.47. The standard InChI is InChI=1S/C30H42N2O7/c1-3-4-5-8-12-32(25(35)16-19-9-6-7-10-19)23-17-22(30(37)31-11-13-33)26-21-14-20(18-34)15-24(38-2)28(21)39-29(26)27(23)36/h14-15,17-19,23,26-27,29,33,36H,3-13,16H2,1-2H3,(H,31,37). The Labute approximate surface area is 230 Å². The summed E-state index contributed by atoms with van der Waals surface area (Å²) in [6.07, 6.45) is 9.13. The smallest absolute Gasteiger partial charge is 0.247 e. The maximum atomic E-state index is 13.7. The number of methoxy groups -OCH3 is 1. The van der Waals surface area contributed by atoms with Gasteiger partial charge in [0.15, 0.2) is 11.5 Å². The number of nitrogens with one attached hydrogen (secondary N) is 1. The number of aldehydes is 1. The van der Waals surface area contributed by atoms with Gasteiger partial charge in [0.25, 0.3) is 0 Å². The summed E-state index contributed by atoms with van der Waals surface area (Å²) in [5, 5.41) is 23.8. The normalized spacial score (nSPS) is 23.8. The molecular weight excluding hydrogens is 500 g/mol. The van der Waals surface area contributed by atoms with E-state index >= 15 is 0 Å². The van der Waals surface area contributed by atoms with E-state index in [2.05, 4.69) is 12.2 Å². The Morgan fingerprint density at radius 3 is 2.64 bits per heavy atom. The van der Waals surface area contributed by atoms with Gasteiger partial charge in [0.1, 0.15) is 18.5 Å². The fraction of sp³-hybridized carbons (Fsp3) is 0.633. The minimum Gasteiger partial charge on any atom is -0.493 e. The van der Waals surface area contributed by atoms with Gasteiger partial charge in [-0.2, -0.15) is 0 Å². The lowest BCUT2D eigenvalue weighted by atomic mass is 9.77. The highest BCUT2D eigenvalue weighted by atomic mass is 16.5. The molecule has 1 fully saturated rings. The first kappa shape index (κ1) is 29.1. The Kier molecular flexibility index (Phi) is 10.0. The van der Waals surface area contributed by atoms with E-state index in [1.54, 1.807) is 23.1 Å². The number of carbonyl (C=O) groups excluding carboxylic acids is 3. The minimum atomic E-state index is -1.10. The largest absolute Gasteiger partial charge is 0.493 e. The number of ether oxygens (including phenoxy) is 2. The molecule has 0 aromatic heterocycles. The molecule has 4 atom stereocenters. The van der Waals surface area contributed by atoms with Crippen LogP contribution in [0.1, 0.15) is 86.6 Å². The third kappa shape index (κ3) is 6.30. The number of amides is 2. The van der Waals surface area contributed by atoms with E-state index in [0.29, 0.717) is 53.4 Å². The first-order chi connectivity index (χ1) is 18.9. The fourth-order valence-electron chi connectivity index (χ4n) is 6.29. The average molecular weight is 543 g/mol. The molecule has 3 aliphatic rings. The van der Waals surface area contributed by atoms with Crippen molar-refractivity contribution >= 4 is 18.1 Å². The average Bonchev–Trinajstić information content (AvgIpc) is 3.60. The molecule has 9 nitrogen and oxygen atoms in total. The highest BCUT2D eigenvalue weighted by Crippen LogP contribution is 2.51. The van der Waals surface area contributed by atoms with Gasteiger partial charge in [0.2, 0.25) is 11.8 Å². The zero-order valence-electron chi connectivity index (χ0n) is 23.1. The molecule has 2 aliphatic carbocycles. The summed E-state index contributed by atoms with van der Waals surface area (Å²) in [6.45, 7) is 2.46. The molecule has 4 rings (SSSR count). The third-order valence-electron chi connectivity index (χ3n) is 8.28. The van der Waals surface area contributed by atoms with Crippen LogP contribution in [-0.2, 0) is 9.59 Å². The molecule has 1 saturated carbocycles. The molecule has 3 N–H and O–H groups in total. The zero-order chi connectivity index (χ0) is 27.9. The molecular formula is C30H42N2O7. The SMILES string of the molecule is CCCCCCN(C(=O)CC1CCCC1)C1C=C(C(=O)NCCO)C2c3cc(C=O)cc(OC)c3OC2C1O. The number of hydrogen-bond donors (Lipinski definition) is 3. The van der Waals surface area contributed by atoms with Crippen LogP contribution in [0.2, 0.25) is 0 Å². The molecule has 0 saturated heterocycles. The van der Waals surface area contributed by atoms with Crippen molar-refractivity contribution < 1.29 is 34.1 Å². The van der Waals surface area contributed by atoms with E-state index < -0.39 is 30.1 Å². The summed E-state index contributed by atoms with van der Waals surface area (Å²) in [5.74, 6) is -0.00765. The summed E-state index contributed by atoms with van der Waals surface area (Å²) in [7, 11) is 1.47. The first-order valence-electron chi connectivity index (χ1n) is 14.4. The van der Waals surface area contributed by atoms with Gasteiger partial charge in [-0.1, -0.05) is 39.0 Å². The van der Waals surface area contributed by atoms with Crippen molar-refractivity contribution in [3.8, 4) is 11.5 Å². The van der Waals surface area contributed by atoms with Crippen molar-refractivity contribution in [2.45, 2.75) is 88.9 Å². The molecule has 0 bridgehead atoms. The maximum Gasteiger partial charge on any atom is 0.247 e. The molecule has 1 aliphatic heterocycles. The molecule has 9 heteroatoms. The summed E-state index contributed by atoms with van der Waals surface area (Å²) >= 11 is 0. The van der Waals surface area contributed by atoms with Crippen LogP contribution in [0.3, 0.4) is 0 Å². The molecule has 4 unspecified atom stereocenters. The van der Waals surface area contributed by atoms with Gasteiger partial charge < -0.3 is 29.9 Å². The van der Waals surface area contributed by atoms with Gasteiger partial charge in [0.05, 0.1) is 25.7 Å². The maximum absolute atomic E-state index is 13.7. The van der Waals surface area contributed by atoms with Crippen molar-refractivity contribution in [3.05, 3.63) is 34.9 Å². The summed E-state index contributed by atoms with van der Waals surface area (Å²) < 4.78 is 11.7. The Hall–Kier alpha value is -2.91. The van der Waals surface area contributed by atoms with Gasteiger partial charge >= 0.3 is 0 Å². The van der Waals surface area contributed by atoms with Crippen molar-refractivity contribution in [2.24, 2.45) is 5.92 Å². The number of aliphatic hydroxyl groups excluding tert-OH is 2. The molecule has 214 valence electrons. The number of rotatable bonds is 13. The number of benzene rings is 1.